The molecule has 0 spiro atoms. The van der Waals surface area contributed by atoms with Crippen molar-refractivity contribution in [2.45, 2.75) is 65.9 Å². The van der Waals surface area contributed by atoms with E-state index in [1.165, 1.54) is 5.39 Å². The number of benzene rings is 3. The molecule has 3 aromatic rings. The summed E-state index contributed by atoms with van der Waals surface area (Å²) in [6, 6.07) is 20.5. The van der Waals surface area contributed by atoms with E-state index in [0.717, 1.165) is 56.4 Å². The van der Waals surface area contributed by atoms with Gasteiger partial charge in [0.25, 0.3) is 0 Å². The third-order valence-electron chi connectivity index (χ3n) is 8.27. The lowest BCUT2D eigenvalue weighted by Gasteiger charge is -2.44. The van der Waals surface area contributed by atoms with Crippen molar-refractivity contribution in [3.8, 4) is 5.75 Å². The molecule has 0 saturated heterocycles. The fraction of sp³-hybridized carbons (Fsp3) is 0.353. The molecule has 5 heteroatoms. The van der Waals surface area contributed by atoms with Crippen molar-refractivity contribution in [2.24, 2.45) is 10.8 Å². The molecule has 0 fully saturated rings. The zero-order valence-corrected chi connectivity index (χ0v) is 24.6. The lowest BCUT2D eigenvalue weighted by atomic mass is 9.64. The van der Waals surface area contributed by atoms with Crippen LogP contribution in [-0.2, 0) is 16.2 Å². The maximum atomic E-state index is 13.8. The molecule has 39 heavy (non-hydrogen) atoms. The quantitative estimate of drug-likeness (QED) is 0.336. The molecule has 1 N–H and O–H groups in total. The van der Waals surface area contributed by atoms with Crippen molar-refractivity contribution in [3.05, 3.63) is 98.8 Å². The molecule has 0 amide bonds. The third-order valence-corrected chi connectivity index (χ3v) is 8.76. The number of nitrogens with one attached hydrogen (secondary N) is 1. The number of ether oxygens (including phenoxy) is 1. The Labute approximate surface area is 238 Å². The number of ketones is 2. The first-order valence-corrected chi connectivity index (χ1v) is 14.5. The van der Waals surface area contributed by atoms with Crippen LogP contribution in [0.4, 0.5) is 0 Å². The van der Waals surface area contributed by atoms with Crippen molar-refractivity contribution in [1.82, 2.24) is 5.32 Å². The van der Waals surface area contributed by atoms with Crippen molar-refractivity contribution in [3.63, 3.8) is 0 Å². The number of halogens is 1. The Morgan fingerprint density at radius 2 is 1.44 bits per heavy atom. The first kappa shape index (κ1) is 26.1. The summed E-state index contributed by atoms with van der Waals surface area (Å²) in [6.45, 7) is 8.96. The fourth-order valence-electron chi connectivity index (χ4n) is 6.65. The minimum Gasteiger partial charge on any atom is -0.489 e. The number of carbonyl (C=O) groups excluding carboxylic acids is 2. The first-order valence-electron chi connectivity index (χ1n) is 13.7. The molecule has 4 nitrogen and oxygen atoms in total. The monoisotopic (exact) mass is 583 g/mol. The van der Waals surface area contributed by atoms with E-state index in [2.05, 4.69) is 79.3 Å². The third kappa shape index (κ3) is 4.86. The van der Waals surface area contributed by atoms with Crippen LogP contribution in [0.15, 0.2) is 87.7 Å². The van der Waals surface area contributed by atoms with E-state index in [1.54, 1.807) is 0 Å². The second kappa shape index (κ2) is 9.48. The van der Waals surface area contributed by atoms with Gasteiger partial charge in [-0.2, -0.15) is 0 Å². The number of allylic oxidation sites excluding steroid dienone is 4. The smallest absolute Gasteiger partial charge is 0.162 e. The molecule has 0 atom stereocenters. The van der Waals surface area contributed by atoms with E-state index in [4.69, 9.17) is 4.74 Å². The lowest BCUT2D eigenvalue weighted by Crippen LogP contribution is -2.42. The highest BCUT2D eigenvalue weighted by atomic mass is 79.9. The van der Waals surface area contributed by atoms with Gasteiger partial charge in [0, 0.05) is 51.3 Å². The predicted molar refractivity (Wildman–Crippen MR) is 158 cm³/mol. The molecular weight excluding hydrogens is 550 g/mol. The molecule has 0 radical (unpaired) electrons. The zero-order chi connectivity index (χ0) is 27.5. The molecular formula is C34H34BrNO3. The van der Waals surface area contributed by atoms with E-state index in [9.17, 15) is 9.59 Å². The molecule has 0 aromatic heterocycles. The predicted octanol–water partition coefficient (Wildman–Crippen LogP) is 8.15. The van der Waals surface area contributed by atoms with Crippen LogP contribution in [0.25, 0.3) is 10.8 Å². The lowest BCUT2D eigenvalue weighted by molar-refractivity contribution is -0.119. The van der Waals surface area contributed by atoms with Crippen LogP contribution in [0.3, 0.4) is 0 Å². The van der Waals surface area contributed by atoms with Gasteiger partial charge in [0.1, 0.15) is 12.4 Å². The summed E-state index contributed by atoms with van der Waals surface area (Å²) < 4.78 is 7.44. The summed E-state index contributed by atoms with van der Waals surface area (Å²) in [7, 11) is 0. The Bertz CT molecular complexity index is 1540. The normalized spacial score (nSPS) is 20.5. The van der Waals surface area contributed by atoms with Crippen LogP contribution >= 0.6 is 15.9 Å². The maximum Gasteiger partial charge on any atom is 0.162 e. The van der Waals surface area contributed by atoms with Crippen LogP contribution in [-0.4, -0.2) is 11.6 Å². The Kier molecular flexibility index (Phi) is 6.33. The second-order valence-corrected chi connectivity index (χ2v) is 13.7. The highest BCUT2D eigenvalue weighted by Crippen LogP contribution is 2.52. The van der Waals surface area contributed by atoms with E-state index < -0.39 is 5.92 Å². The first-order chi connectivity index (χ1) is 18.5. The number of hydrogen-bond donors (Lipinski definition) is 1. The van der Waals surface area contributed by atoms with Crippen LogP contribution in [0.5, 0.6) is 5.75 Å². The van der Waals surface area contributed by atoms with Gasteiger partial charge in [-0.15, -0.1) is 0 Å². The number of dihydropyridines is 1. The molecule has 2 aliphatic carbocycles. The number of hydrogen-bond acceptors (Lipinski definition) is 4. The van der Waals surface area contributed by atoms with Crippen LogP contribution in [0, 0.1) is 10.8 Å². The summed E-state index contributed by atoms with van der Waals surface area (Å²) in [6.07, 6.45) is 2.48. The molecule has 1 heterocycles. The van der Waals surface area contributed by atoms with Crippen molar-refractivity contribution in [1.29, 1.82) is 0 Å². The van der Waals surface area contributed by atoms with E-state index >= 15 is 0 Å². The summed E-state index contributed by atoms with van der Waals surface area (Å²) in [4.78, 5) is 27.5. The number of Topliss-reactive ketones (excluding diaryl/α,β-unsaturated/α-hetero) is 2. The van der Waals surface area contributed by atoms with Crippen molar-refractivity contribution in [2.75, 3.05) is 0 Å². The molecule has 1 aliphatic heterocycles. The standard InChI is InChI=1S/C34H34BrNO3/c1-33(2)15-25-31(27(37)17-33)30(32-26(36-25)16-34(3,4)18-28(32)38)24-14-22(35)12-13-29(24)39-19-21-10-7-9-20-8-5-6-11-23(20)21/h5-14,30,36H,15-19H2,1-4H3. The number of fused-ring (bicyclic) bond motifs is 1. The fourth-order valence-corrected chi connectivity index (χ4v) is 7.03. The Morgan fingerprint density at radius 1 is 0.821 bits per heavy atom. The van der Waals surface area contributed by atoms with Gasteiger partial charge in [-0.25, -0.2) is 0 Å². The van der Waals surface area contributed by atoms with E-state index in [0.29, 0.717) is 25.2 Å². The van der Waals surface area contributed by atoms with Crippen LogP contribution in [0.2, 0.25) is 0 Å². The van der Waals surface area contributed by atoms with Gasteiger partial charge in [0.2, 0.25) is 0 Å². The highest BCUT2D eigenvalue weighted by molar-refractivity contribution is 9.10. The second-order valence-electron chi connectivity index (χ2n) is 12.8. The average Bonchev–Trinajstić information content (AvgIpc) is 2.85. The van der Waals surface area contributed by atoms with Crippen molar-refractivity contribution >= 4 is 38.3 Å². The zero-order valence-electron chi connectivity index (χ0n) is 23.0. The van der Waals surface area contributed by atoms with Gasteiger partial charge in [-0.1, -0.05) is 86.1 Å². The summed E-state index contributed by atoms with van der Waals surface area (Å²) in [5, 5.41) is 5.93. The topological polar surface area (TPSA) is 55.4 Å². The summed E-state index contributed by atoms with van der Waals surface area (Å²) >= 11 is 3.66. The van der Waals surface area contributed by atoms with Gasteiger partial charge in [0.15, 0.2) is 11.6 Å². The van der Waals surface area contributed by atoms with Gasteiger partial charge in [0.05, 0.1) is 0 Å². The molecule has 3 aliphatic rings. The molecule has 0 unspecified atom stereocenters. The molecule has 0 saturated carbocycles. The SMILES string of the molecule is CC1(C)CC(=O)C2=C(C1)NC1=C(C(=O)CC(C)(C)C1)C2c1cc(Br)ccc1OCc1cccc2ccccc12. The van der Waals surface area contributed by atoms with Crippen molar-refractivity contribution < 1.29 is 14.3 Å². The molecule has 0 bridgehead atoms. The molecule has 6 rings (SSSR count). The minimum absolute atomic E-state index is 0.114. The highest BCUT2D eigenvalue weighted by Gasteiger charge is 2.47. The Balaban J connectivity index is 1.47. The summed E-state index contributed by atoms with van der Waals surface area (Å²) in [5.74, 6) is 0.487. The van der Waals surface area contributed by atoms with Gasteiger partial charge in [-0.05, 0) is 58.2 Å². The van der Waals surface area contributed by atoms with E-state index in [-0.39, 0.29) is 22.4 Å². The molecule has 200 valence electrons. The molecule has 3 aromatic carbocycles. The van der Waals surface area contributed by atoms with Crippen LogP contribution in [0.1, 0.15) is 70.4 Å². The average molecular weight is 585 g/mol. The minimum atomic E-state index is -0.441. The van der Waals surface area contributed by atoms with Gasteiger partial charge < -0.3 is 10.1 Å². The number of rotatable bonds is 4. The largest absolute Gasteiger partial charge is 0.489 e. The number of carbonyl (C=O) groups is 2. The Hall–Kier alpha value is -3.18. The maximum absolute atomic E-state index is 13.8. The van der Waals surface area contributed by atoms with Crippen LogP contribution < -0.4 is 10.1 Å². The Morgan fingerprint density at radius 3 is 2.10 bits per heavy atom. The van der Waals surface area contributed by atoms with Gasteiger partial charge in [-0.3, -0.25) is 9.59 Å². The van der Waals surface area contributed by atoms with Gasteiger partial charge >= 0.3 is 0 Å². The van der Waals surface area contributed by atoms with E-state index in [1.807, 2.05) is 30.3 Å². The summed E-state index contributed by atoms with van der Waals surface area (Å²) in [5.41, 5.74) is 5.08.